The highest BCUT2D eigenvalue weighted by Gasteiger charge is 2.69. The molecule has 2 nitrogen and oxygen atoms in total. The average Bonchev–Trinajstić information content (AvgIpc) is 2.92. The van der Waals surface area contributed by atoms with Crippen molar-refractivity contribution in [2.24, 2.45) is 50.2 Å². The molecule has 0 N–H and O–H groups in total. The summed E-state index contributed by atoms with van der Waals surface area (Å²) < 4.78 is 6.19. The van der Waals surface area contributed by atoms with Crippen molar-refractivity contribution >= 4 is 12.0 Å². The van der Waals surface area contributed by atoms with E-state index in [-0.39, 0.29) is 17.5 Å². The van der Waals surface area contributed by atoms with E-state index < -0.39 is 0 Å². The molecule has 0 aliphatic heterocycles. The maximum Gasteiger partial charge on any atom is 0.331 e. The average molecular weight is 557 g/mol. The summed E-state index contributed by atoms with van der Waals surface area (Å²) in [6.45, 7) is 20.6. The predicted molar refractivity (Wildman–Crippen MR) is 170 cm³/mol. The molecule has 41 heavy (non-hydrogen) atoms. The first-order valence-corrected chi connectivity index (χ1v) is 16.8. The van der Waals surface area contributed by atoms with Gasteiger partial charge in [-0.3, -0.25) is 0 Å². The van der Waals surface area contributed by atoms with E-state index in [4.69, 9.17) is 4.74 Å². The molecule has 8 unspecified atom stereocenters. The Bertz CT molecular complexity index is 1240. The maximum atomic E-state index is 12.9. The minimum atomic E-state index is -0.215. The molecule has 1 aromatic carbocycles. The highest BCUT2D eigenvalue weighted by molar-refractivity contribution is 5.87. The molecular weight excluding hydrogens is 500 g/mol. The van der Waals surface area contributed by atoms with E-state index in [9.17, 15) is 4.79 Å². The molecule has 0 aromatic heterocycles. The summed E-state index contributed by atoms with van der Waals surface area (Å²) in [6.07, 6.45) is 19.1. The molecule has 5 aliphatic carbocycles. The molecule has 6 rings (SSSR count). The van der Waals surface area contributed by atoms with Crippen LogP contribution < -0.4 is 0 Å². The molecular formula is C39H56O2. The molecule has 1 aromatic rings. The fraction of sp³-hybridized carbons (Fsp3) is 0.718. The Balaban J connectivity index is 1.25. The van der Waals surface area contributed by atoms with Gasteiger partial charge in [-0.15, -0.1) is 0 Å². The molecule has 0 bridgehead atoms. The highest BCUT2D eigenvalue weighted by Crippen LogP contribution is 2.77. The lowest BCUT2D eigenvalue weighted by Gasteiger charge is -2.73. The lowest BCUT2D eigenvalue weighted by atomic mass is 9.31. The molecule has 0 spiro atoms. The lowest BCUT2D eigenvalue weighted by Crippen LogP contribution is -2.65. The van der Waals surface area contributed by atoms with Crippen molar-refractivity contribution in [2.75, 3.05) is 0 Å². The third kappa shape index (κ3) is 4.43. The van der Waals surface area contributed by atoms with Crippen LogP contribution in [0.1, 0.15) is 125 Å². The molecule has 0 heterocycles. The summed E-state index contributed by atoms with van der Waals surface area (Å²) in [5.74, 6) is 1.96. The van der Waals surface area contributed by atoms with E-state index in [0.717, 1.165) is 30.2 Å². The van der Waals surface area contributed by atoms with Gasteiger partial charge in [0.15, 0.2) is 0 Å². The number of esters is 1. The second kappa shape index (κ2) is 9.59. The second-order valence-corrected chi connectivity index (χ2v) is 17.4. The van der Waals surface area contributed by atoms with Gasteiger partial charge in [-0.05, 0) is 121 Å². The molecule has 4 fully saturated rings. The van der Waals surface area contributed by atoms with Gasteiger partial charge in [0.1, 0.15) is 6.10 Å². The summed E-state index contributed by atoms with van der Waals surface area (Å²) in [7, 11) is 0. The highest BCUT2D eigenvalue weighted by atomic mass is 16.5. The Morgan fingerprint density at radius 3 is 2.20 bits per heavy atom. The zero-order valence-corrected chi connectivity index (χ0v) is 27.3. The predicted octanol–water partition coefficient (Wildman–Crippen LogP) is 10.4. The smallest absolute Gasteiger partial charge is 0.331 e. The van der Waals surface area contributed by atoms with Gasteiger partial charge in [-0.2, -0.15) is 0 Å². The monoisotopic (exact) mass is 556 g/mol. The van der Waals surface area contributed by atoms with Crippen molar-refractivity contribution in [3.8, 4) is 0 Å². The fourth-order valence-electron chi connectivity index (χ4n) is 11.5. The van der Waals surface area contributed by atoms with Crippen LogP contribution >= 0.6 is 0 Å². The van der Waals surface area contributed by atoms with Crippen LogP contribution in [-0.2, 0) is 9.53 Å². The topological polar surface area (TPSA) is 26.3 Å². The first-order chi connectivity index (χ1) is 19.1. The quantitative estimate of drug-likeness (QED) is 0.210. The maximum absolute atomic E-state index is 12.9. The Labute approximate surface area is 250 Å². The van der Waals surface area contributed by atoms with E-state index in [2.05, 4.69) is 61.5 Å². The summed E-state index contributed by atoms with van der Waals surface area (Å²) in [5.41, 5.74) is 4.60. The van der Waals surface area contributed by atoms with Crippen molar-refractivity contribution in [2.45, 2.75) is 126 Å². The van der Waals surface area contributed by atoms with Crippen LogP contribution in [0, 0.1) is 50.2 Å². The number of carbonyl (C=O) groups excluding carboxylic acids is 1. The van der Waals surface area contributed by atoms with Gasteiger partial charge < -0.3 is 4.74 Å². The SMILES string of the molecule is CC1(C)CCC2(C)CCC3(C)C4CC=C5C(CCC(OC(=O)C=Cc6ccccc6)C5(C)C)C4(C)CCC3(C)C2C1. The van der Waals surface area contributed by atoms with Gasteiger partial charge >= 0.3 is 5.97 Å². The zero-order valence-electron chi connectivity index (χ0n) is 27.3. The van der Waals surface area contributed by atoms with Gasteiger partial charge in [0.2, 0.25) is 0 Å². The third-order valence-electron chi connectivity index (χ3n) is 14.5. The van der Waals surface area contributed by atoms with E-state index in [1.54, 1.807) is 11.6 Å². The number of rotatable bonds is 3. The molecule has 8 atom stereocenters. The van der Waals surface area contributed by atoms with E-state index in [0.29, 0.717) is 33.0 Å². The first-order valence-electron chi connectivity index (χ1n) is 16.8. The van der Waals surface area contributed by atoms with E-state index in [1.807, 2.05) is 36.4 Å². The number of hydrogen-bond acceptors (Lipinski definition) is 2. The minimum Gasteiger partial charge on any atom is -0.458 e. The van der Waals surface area contributed by atoms with Crippen LogP contribution in [0.5, 0.6) is 0 Å². The van der Waals surface area contributed by atoms with Gasteiger partial charge in [-0.1, -0.05) is 97.4 Å². The number of fused-ring (bicyclic) bond motifs is 7. The number of carbonyl (C=O) groups is 1. The molecule has 4 saturated carbocycles. The Kier molecular flexibility index (Phi) is 6.84. The Morgan fingerprint density at radius 1 is 0.805 bits per heavy atom. The second-order valence-electron chi connectivity index (χ2n) is 17.4. The summed E-state index contributed by atoms with van der Waals surface area (Å²) in [6, 6.07) is 10.0. The van der Waals surface area contributed by atoms with Crippen LogP contribution in [0.15, 0.2) is 48.1 Å². The van der Waals surface area contributed by atoms with Crippen LogP contribution in [-0.4, -0.2) is 12.1 Å². The number of hydrogen-bond donors (Lipinski definition) is 0. The molecule has 0 amide bonds. The largest absolute Gasteiger partial charge is 0.458 e. The Morgan fingerprint density at radius 2 is 1.46 bits per heavy atom. The van der Waals surface area contributed by atoms with E-state index in [1.165, 1.54) is 51.4 Å². The molecule has 2 heteroatoms. The van der Waals surface area contributed by atoms with Gasteiger partial charge in [0, 0.05) is 11.5 Å². The van der Waals surface area contributed by atoms with Crippen molar-refractivity contribution in [1.82, 2.24) is 0 Å². The van der Waals surface area contributed by atoms with Gasteiger partial charge in [0.25, 0.3) is 0 Å². The summed E-state index contributed by atoms with van der Waals surface area (Å²) in [4.78, 5) is 12.9. The third-order valence-corrected chi connectivity index (χ3v) is 14.5. The molecule has 224 valence electrons. The summed E-state index contributed by atoms with van der Waals surface area (Å²) in [5, 5.41) is 0. The first kappa shape index (κ1) is 29.3. The van der Waals surface area contributed by atoms with Crippen LogP contribution in [0.3, 0.4) is 0 Å². The normalized spacial score (nSPS) is 44.5. The molecule has 0 saturated heterocycles. The fourth-order valence-corrected chi connectivity index (χ4v) is 11.5. The molecule has 0 radical (unpaired) electrons. The number of allylic oxidation sites excluding steroid dienone is 1. The van der Waals surface area contributed by atoms with Crippen molar-refractivity contribution < 1.29 is 9.53 Å². The van der Waals surface area contributed by atoms with Crippen molar-refractivity contribution in [3.63, 3.8) is 0 Å². The minimum absolute atomic E-state index is 0.0672. The standard InChI is InChI=1S/C39H56O2/c1-34(2)20-21-36(5)22-24-38(7)30-17-15-28-29(37(30,6)23-25-39(38,8)31(36)26-34)16-18-32(35(28,3)4)41-33(40)19-14-27-12-10-9-11-13-27/h9-15,19,29-32H,16-18,20-26H2,1-8H3. The van der Waals surface area contributed by atoms with Crippen LogP contribution in [0.4, 0.5) is 0 Å². The Hall–Kier alpha value is -1.83. The summed E-state index contributed by atoms with van der Waals surface area (Å²) >= 11 is 0. The number of benzene rings is 1. The van der Waals surface area contributed by atoms with Gasteiger partial charge in [0.05, 0.1) is 0 Å². The van der Waals surface area contributed by atoms with E-state index >= 15 is 0 Å². The number of ether oxygens (including phenoxy) is 1. The molecule has 5 aliphatic rings. The lowest BCUT2D eigenvalue weighted by molar-refractivity contribution is -0.231. The van der Waals surface area contributed by atoms with Crippen LogP contribution in [0.25, 0.3) is 6.08 Å². The van der Waals surface area contributed by atoms with Crippen molar-refractivity contribution in [1.29, 1.82) is 0 Å². The van der Waals surface area contributed by atoms with Crippen molar-refractivity contribution in [3.05, 3.63) is 53.6 Å². The van der Waals surface area contributed by atoms with Crippen LogP contribution in [0.2, 0.25) is 0 Å². The van der Waals surface area contributed by atoms with Gasteiger partial charge in [-0.25, -0.2) is 4.79 Å². The zero-order chi connectivity index (χ0) is 29.5.